The van der Waals surface area contributed by atoms with E-state index < -0.39 is 24.1 Å². The third-order valence-electron chi connectivity index (χ3n) is 4.24. The number of para-hydroxylation sites is 1. The number of nitrogens with one attached hydrogen (secondary N) is 3. The van der Waals surface area contributed by atoms with Crippen LogP contribution in [0.2, 0.25) is 10.0 Å². The number of aryl methyl sites for hydroxylation is 1. The largest absolute Gasteiger partial charge is 0.480 e. The van der Waals surface area contributed by atoms with Crippen LogP contribution in [-0.2, 0) is 4.79 Å². The van der Waals surface area contributed by atoms with E-state index in [-0.39, 0.29) is 6.42 Å². The number of amides is 2. The summed E-state index contributed by atoms with van der Waals surface area (Å²) < 4.78 is 0. The van der Waals surface area contributed by atoms with E-state index in [1.807, 2.05) is 25.1 Å². The Morgan fingerprint density at radius 1 is 1.23 bits per heavy atom. The van der Waals surface area contributed by atoms with Crippen LogP contribution in [0, 0.1) is 6.92 Å². The van der Waals surface area contributed by atoms with Crippen LogP contribution in [0.1, 0.15) is 23.6 Å². The quantitative estimate of drug-likeness (QED) is 0.620. The van der Waals surface area contributed by atoms with Gasteiger partial charge < -0.3 is 21.1 Å². The second-order valence-corrected chi connectivity index (χ2v) is 6.93. The fourth-order valence-corrected chi connectivity index (χ4v) is 3.61. The Morgan fingerprint density at radius 3 is 2.65 bits per heavy atom. The van der Waals surface area contributed by atoms with Crippen molar-refractivity contribution < 1.29 is 14.7 Å². The second kappa shape index (κ2) is 7.43. The first kappa shape index (κ1) is 18.4. The van der Waals surface area contributed by atoms with Gasteiger partial charge in [0.15, 0.2) is 0 Å². The minimum Gasteiger partial charge on any atom is -0.480 e. The number of carboxylic acids is 1. The molecule has 0 bridgehead atoms. The Morgan fingerprint density at radius 2 is 1.96 bits per heavy atom. The van der Waals surface area contributed by atoms with Gasteiger partial charge in [0.1, 0.15) is 6.04 Å². The molecule has 4 N–H and O–H groups in total. The number of anilines is 2. The second-order valence-electron chi connectivity index (χ2n) is 6.09. The summed E-state index contributed by atoms with van der Waals surface area (Å²) in [5.41, 5.74) is 2.72. The molecule has 0 fully saturated rings. The molecular weight excluding hydrogens is 377 g/mol. The molecule has 0 spiro atoms. The van der Waals surface area contributed by atoms with Crippen molar-refractivity contribution in [1.29, 1.82) is 0 Å². The summed E-state index contributed by atoms with van der Waals surface area (Å²) in [7, 11) is 0. The van der Waals surface area contributed by atoms with Crippen molar-refractivity contribution in [1.82, 2.24) is 5.32 Å². The number of urea groups is 1. The van der Waals surface area contributed by atoms with Crippen LogP contribution in [-0.4, -0.2) is 23.1 Å². The monoisotopic (exact) mass is 393 g/mol. The Bertz CT molecular complexity index is 873. The number of hydrogen-bond donors (Lipinski definition) is 4. The van der Waals surface area contributed by atoms with Crippen LogP contribution < -0.4 is 16.0 Å². The van der Waals surface area contributed by atoms with E-state index in [4.69, 9.17) is 23.2 Å². The smallest absolute Gasteiger partial charge is 0.326 e. The average Bonchev–Trinajstić information content (AvgIpc) is 2.55. The van der Waals surface area contributed by atoms with Crippen molar-refractivity contribution >= 4 is 46.6 Å². The molecule has 2 atom stereocenters. The summed E-state index contributed by atoms with van der Waals surface area (Å²) in [5.74, 6) is -1.02. The molecule has 2 aromatic carbocycles. The molecule has 0 radical (unpaired) electrons. The number of halogens is 2. The van der Waals surface area contributed by atoms with Crippen LogP contribution in [0.3, 0.4) is 0 Å². The summed E-state index contributed by atoms with van der Waals surface area (Å²) in [5, 5.41) is 18.6. The lowest BCUT2D eigenvalue weighted by Crippen LogP contribution is -2.42. The summed E-state index contributed by atoms with van der Waals surface area (Å²) in [6.45, 7) is 1.88. The zero-order valence-electron chi connectivity index (χ0n) is 13.8. The molecule has 2 aromatic rings. The number of carbonyl (C=O) groups excluding carboxylic acids is 1. The number of fused-ring (bicyclic) bond motifs is 1. The first-order valence-corrected chi connectivity index (χ1v) is 8.72. The Labute approximate surface area is 160 Å². The van der Waals surface area contributed by atoms with Crippen LogP contribution in [0.5, 0.6) is 0 Å². The molecule has 1 aliphatic heterocycles. The van der Waals surface area contributed by atoms with Crippen molar-refractivity contribution in [3.05, 3.63) is 57.6 Å². The predicted octanol–water partition coefficient (Wildman–Crippen LogP) is 4.43. The molecule has 0 aromatic heterocycles. The highest BCUT2D eigenvalue weighted by molar-refractivity contribution is 6.35. The Hall–Kier alpha value is -2.44. The van der Waals surface area contributed by atoms with Crippen molar-refractivity contribution in [2.75, 3.05) is 10.6 Å². The molecule has 2 amide bonds. The zero-order chi connectivity index (χ0) is 18.8. The van der Waals surface area contributed by atoms with E-state index in [9.17, 15) is 14.7 Å². The van der Waals surface area contributed by atoms with Crippen LogP contribution in [0.4, 0.5) is 16.2 Å². The lowest BCUT2D eigenvalue weighted by molar-refractivity contribution is -0.138. The Balaban J connectivity index is 1.85. The summed E-state index contributed by atoms with van der Waals surface area (Å²) in [6.07, 6.45) is 0.158. The van der Waals surface area contributed by atoms with Crippen LogP contribution in [0.15, 0.2) is 36.4 Å². The van der Waals surface area contributed by atoms with Gasteiger partial charge in [0.05, 0.1) is 6.04 Å². The van der Waals surface area contributed by atoms with Gasteiger partial charge >= 0.3 is 12.0 Å². The van der Waals surface area contributed by atoms with Crippen molar-refractivity contribution in [2.24, 2.45) is 0 Å². The van der Waals surface area contributed by atoms with E-state index >= 15 is 0 Å². The van der Waals surface area contributed by atoms with Crippen molar-refractivity contribution in [3.63, 3.8) is 0 Å². The van der Waals surface area contributed by atoms with Crippen LogP contribution >= 0.6 is 23.2 Å². The molecule has 0 aliphatic carbocycles. The number of benzene rings is 2. The highest BCUT2D eigenvalue weighted by Gasteiger charge is 2.33. The fraction of sp³-hybridized carbons (Fsp3) is 0.222. The van der Waals surface area contributed by atoms with E-state index in [0.29, 0.717) is 27.0 Å². The van der Waals surface area contributed by atoms with Gasteiger partial charge in [-0.2, -0.15) is 0 Å². The highest BCUT2D eigenvalue weighted by atomic mass is 35.5. The Kier molecular flexibility index (Phi) is 5.25. The van der Waals surface area contributed by atoms with Gasteiger partial charge in [0.2, 0.25) is 0 Å². The van der Waals surface area contributed by atoms with Crippen LogP contribution in [0.25, 0.3) is 0 Å². The molecule has 6 nitrogen and oxygen atoms in total. The van der Waals surface area contributed by atoms with Gasteiger partial charge in [0, 0.05) is 33.4 Å². The maximum absolute atomic E-state index is 12.4. The van der Waals surface area contributed by atoms with Gasteiger partial charge in [-0.1, -0.05) is 41.4 Å². The van der Waals surface area contributed by atoms with Gasteiger partial charge in [-0.3, -0.25) is 0 Å². The molecule has 136 valence electrons. The minimum absolute atomic E-state index is 0.158. The molecule has 1 aliphatic rings. The number of aliphatic carboxylic acids is 1. The highest BCUT2D eigenvalue weighted by Crippen LogP contribution is 2.39. The first-order valence-electron chi connectivity index (χ1n) is 7.96. The maximum atomic E-state index is 12.4. The first-order chi connectivity index (χ1) is 12.3. The average molecular weight is 394 g/mol. The van der Waals surface area contributed by atoms with Gasteiger partial charge in [0.25, 0.3) is 0 Å². The van der Waals surface area contributed by atoms with Gasteiger partial charge in [-0.25, -0.2) is 9.59 Å². The third kappa shape index (κ3) is 3.86. The van der Waals surface area contributed by atoms with E-state index in [1.165, 1.54) is 0 Å². The van der Waals surface area contributed by atoms with E-state index in [0.717, 1.165) is 5.56 Å². The van der Waals surface area contributed by atoms with E-state index in [2.05, 4.69) is 16.0 Å². The predicted molar refractivity (Wildman–Crippen MR) is 102 cm³/mol. The lowest BCUT2D eigenvalue weighted by atomic mass is 9.93. The number of carboxylic acid groups (broad SMARTS) is 1. The van der Waals surface area contributed by atoms with Crippen molar-refractivity contribution in [3.8, 4) is 0 Å². The fourth-order valence-electron chi connectivity index (χ4n) is 2.98. The maximum Gasteiger partial charge on any atom is 0.326 e. The normalized spacial score (nSPS) is 18.4. The molecule has 3 rings (SSSR count). The summed E-state index contributed by atoms with van der Waals surface area (Å²) in [4.78, 5) is 23.9. The number of rotatable bonds is 3. The molecule has 0 saturated heterocycles. The lowest BCUT2D eigenvalue weighted by Gasteiger charge is -2.32. The standard InChI is InChI=1S/C18H17Cl2N3O3/c1-9-4-2-3-5-12(9)22-18(26)23-14-8-15(17(24)25)21-13-7-10(19)6-11(20)16(13)14/h2-7,14-15,21H,8H2,1H3,(H,24,25)(H2,22,23,26)/t14-,15+/m1/s1. The summed E-state index contributed by atoms with van der Waals surface area (Å²) in [6, 6.07) is 8.68. The van der Waals surface area contributed by atoms with Gasteiger partial charge in [-0.15, -0.1) is 0 Å². The molecular formula is C18H17Cl2N3O3. The number of hydrogen-bond acceptors (Lipinski definition) is 3. The molecule has 26 heavy (non-hydrogen) atoms. The van der Waals surface area contributed by atoms with Gasteiger partial charge in [-0.05, 0) is 30.7 Å². The van der Waals surface area contributed by atoms with E-state index in [1.54, 1.807) is 18.2 Å². The molecule has 1 heterocycles. The summed E-state index contributed by atoms with van der Waals surface area (Å²) >= 11 is 12.3. The SMILES string of the molecule is Cc1ccccc1NC(=O)N[C@@H]1C[C@@H](C(=O)O)Nc2cc(Cl)cc(Cl)c21. The van der Waals surface area contributed by atoms with Crippen molar-refractivity contribution in [2.45, 2.75) is 25.4 Å². The molecule has 0 unspecified atom stereocenters. The molecule has 8 heteroatoms. The molecule has 0 saturated carbocycles. The third-order valence-corrected chi connectivity index (χ3v) is 4.77. The minimum atomic E-state index is -1.02. The number of carbonyl (C=O) groups is 2. The zero-order valence-corrected chi connectivity index (χ0v) is 15.4. The topological polar surface area (TPSA) is 90.5 Å².